The van der Waals surface area contributed by atoms with Crippen LogP contribution in [0, 0.1) is 0 Å². The fourth-order valence-electron chi connectivity index (χ4n) is 2.79. The van der Waals surface area contributed by atoms with Crippen molar-refractivity contribution in [3.8, 4) is 5.75 Å². The van der Waals surface area contributed by atoms with E-state index in [0.29, 0.717) is 6.61 Å². The molecule has 0 N–H and O–H groups in total. The molecule has 0 spiro atoms. The summed E-state index contributed by atoms with van der Waals surface area (Å²) >= 11 is 0. The van der Waals surface area contributed by atoms with Crippen molar-refractivity contribution in [3.05, 3.63) is 29.8 Å². The molecule has 2 aliphatic heterocycles. The van der Waals surface area contributed by atoms with Crippen molar-refractivity contribution < 1.29 is 23.7 Å². The number of fused-ring (bicyclic) bond motifs is 1. The molecule has 0 aromatic heterocycles. The lowest BCUT2D eigenvalue weighted by molar-refractivity contribution is -0.216. The lowest BCUT2D eigenvalue weighted by Gasteiger charge is -2.24. The molecule has 5 nitrogen and oxygen atoms in total. The SMILES string of the molecule is COc1ccc(CO[C@@H]2[C@H]3OC(C)(C)O[C@H]3O[C@@H]2C)cc1. The Morgan fingerprint density at radius 3 is 2.52 bits per heavy atom. The molecular formula is C16H22O5. The van der Waals surface area contributed by atoms with Crippen LogP contribution in [0.1, 0.15) is 26.3 Å². The predicted octanol–water partition coefficient (Wildman–Crippen LogP) is 2.48. The van der Waals surface area contributed by atoms with E-state index < -0.39 is 5.79 Å². The lowest BCUT2D eigenvalue weighted by Crippen LogP contribution is -2.35. The van der Waals surface area contributed by atoms with Crippen molar-refractivity contribution in [2.75, 3.05) is 7.11 Å². The molecule has 5 heteroatoms. The summed E-state index contributed by atoms with van der Waals surface area (Å²) in [4.78, 5) is 0. The first-order valence-electron chi connectivity index (χ1n) is 7.24. The summed E-state index contributed by atoms with van der Waals surface area (Å²) < 4.78 is 28.5. The first-order valence-corrected chi connectivity index (χ1v) is 7.24. The highest BCUT2D eigenvalue weighted by atomic mass is 16.8. The Labute approximate surface area is 125 Å². The van der Waals surface area contributed by atoms with Crippen LogP contribution in [0.3, 0.4) is 0 Å². The standard InChI is InChI=1S/C16H22O5/c1-10-13(14-15(19-10)21-16(2,3)20-14)18-9-11-5-7-12(17-4)8-6-11/h5-8,10,13-15H,9H2,1-4H3/t10-,13+,14-,15-/m1/s1. The van der Waals surface area contributed by atoms with Gasteiger partial charge in [0.1, 0.15) is 18.0 Å². The Bertz CT molecular complexity index is 484. The van der Waals surface area contributed by atoms with E-state index in [2.05, 4.69) is 0 Å². The highest BCUT2D eigenvalue weighted by Gasteiger charge is 2.54. The maximum Gasteiger partial charge on any atom is 0.190 e. The van der Waals surface area contributed by atoms with Gasteiger partial charge in [0, 0.05) is 0 Å². The molecule has 0 bridgehead atoms. The topological polar surface area (TPSA) is 46.2 Å². The van der Waals surface area contributed by atoms with E-state index in [1.54, 1.807) is 7.11 Å². The molecule has 21 heavy (non-hydrogen) atoms. The largest absolute Gasteiger partial charge is 0.497 e. The molecule has 2 heterocycles. The minimum absolute atomic E-state index is 0.0469. The number of methoxy groups -OCH3 is 1. The van der Waals surface area contributed by atoms with Gasteiger partial charge in [-0.2, -0.15) is 0 Å². The number of rotatable bonds is 4. The van der Waals surface area contributed by atoms with Crippen molar-refractivity contribution in [2.45, 2.75) is 57.8 Å². The van der Waals surface area contributed by atoms with Crippen LogP contribution in [-0.4, -0.2) is 37.5 Å². The summed E-state index contributed by atoms with van der Waals surface area (Å²) in [7, 11) is 1.66. The summed E-state index contributed by atoms with van der Waals surface area (Å²) in [5.74, 6) is 0.225. The summed E-state index contributed by atoms with van der Waals surface area (Å²) in [6, 6.07) is 7.84. The maximum atomic E-state index is 6.01. The van der Waals surface area contributed by atoms with Crippen molar-refractivity contribution in [3.63, 3.8) is 0 Å². The van der Waals surface area contributed by atoms with Gasteiger partial charge >= 0.3 is 0 Å². The van der Waals surface area contributed by atoms with Crippen LogP contribution in [0.25, 0.3) is 0 Å². The maximum absolute atomic E-state index is 6.01. The number of ether oxygens (including phenoxy) is 5. The quantitative estimate of drug-likeness (QED) is 0.853. The van der Waals surface area contributed by atoms with Crippen LogP contribution >= 0.6 is 0 Å². The molecule has 0 unspecified atom stereocenters. The van der Waals surface area contributed by atoms with Gasteiger partial charge in [0.25, 0.3) is 0 Å². The third-order valence-electron chi connectivity index (χ3n) is 3.82. The highest BCUT2D eigenvalue weighted by molar-refractivity contribution is 5.26. The molecule has 2 saturated heterocycles. The van der Waals surface area contributed by atoms with Gasteiger partial charge in [0.15, 0.2) is 12.1 Å². The zero-order valence-corrected chi connectivity index (χ0v) is 12.9. The third-order valence-corrected chi connectivity index (χ3v) is 3.82. The molecular weight excluding hydrogens is 272 g/mol. The molecule has 1 aromatic carbocycles. The monoisotopic (exact) mass is 294 g/mol. The second-order valence-electron chi connectivity index (χ2n) is 5.93. The van der Waals surface area contributed by atoms with Crippen molar-refractivity contribution in [1.29, 1.82) is 0 Å². The first-order chi connectivity index (χ1) is 9.98. The van der Waals surface area contributed by atoms with Gasteiger partial charge in [-0.15, -0.1) is 0 Å². The van der Waals surface area contributed by atoms with Gasteiger partial charge in [-0.3, -0.25) is 0 Å². The highest BCUT2D eigenvalue weighted by Crippen LogP contribution is 2.38. The average Bonchev–Trinajstić information content (AvgIpc) is 2.88. The zero-order chi connectivity index (χ0) is 15.0. The van der Waals surface area contributed by atoms with Crippen LogP contribution in [0.15, 0.2) is 24.3 Å². The van der Waals surface area contributed by atoms with Crippen molar-refractivity contribution >= 4 is 0 Å². The molecule has 0 aliphatic carbocycles. The van der Waals surface area contributed by atoms with Gasteiger partial charge in [-0.25, -0.2) is 0 Å². The van der Waals surface area contributed by atoms with Gasteiger partial charge in [-0.05, 0) is 38.5 Å². The Balaban J connectivity index is 1.61. The third kappa shape index (κ3) is 3.06. The van der Waals surface area contributed by atoms with Crippen LogP contribution in [0.2, 0.25) is 0 Å². The minimum Gasteiger partial charge on any atom is -0.497 e. The molecule has 0 saturated carbocycles. The summed E-state index contributed by atoms with van der Waals surface area (Å²) in [6.45, 7) is 6.27. The van der Waals surface area contributed by atoms with Gasteiger partial charge in [-0.1, -0.05) is 12.1 Å². The zero-order valence-electron chi connectivity index (χ0n) is 12.9. The fraction of sp³-hybridized carbons (Fsp3) is 0.625. The molecule has 116 valence electrons. The molecule has 0 amide bonds. The lowest BCUT2D eigenvalue weighted by atomic mass is 10.1. The minimum atomic E-state index is -0.614. The molecule has 2 fully saturated rings. The normalized spacial score (nSPS) is 33.9. The van der Waals surface area contributed by atoms with E-state index in [0.717, 1.165) is 11.3 Å². The Morgan fingerprint density at radius 2 is 1.86 bits per heavy atom. The summed E-state index contributed by atoms with van der Waals surface area (Å²) in [5.41, 5.74) is 1.09. The average molecular weight is 294 g/mol. The van der Waals surface area contributed by atoms with Crippen LogP contribution in [0.5, 0.6) is 5.75 Å². The van der Waals surface area contributed by atoms with Crippen molar-refractivity contribution in [1.82, 2.24) is 0 Å². The number of hydrogen-bond donors (Lipinski definition) is 0. The molecule has 1 aromatic rings. The smallest absolute Gasteiger partial charge is 0.190 e. The van der Waals surface area contributed by atoms with E-state index >= 15 is 0 Å². The summed E-state index contributed by atoms with van der Waals surface area (Å²) in [6.07, 6.45) is -0.683. The summed E-state index contributed by atoms with van der Waals surface area (Å²) in [5, 5.41) is 0. The Morgan fingerprint density at radius 1 is 1.14 bits per heavy atom. The second-order valence-corrected chi connectivity index (χ2v) is 5.93. The predicted molar refractivity (Wildman–Crippen MR) is 75.9 cm³/mol. The van der Waals surface area contributed by atoms with Crippen LogP contribution in [0.4, 0.5) is 0 Å². The molecule has 0 radical (unpaired) electrons. The fourth-order valence-corrected chi connectivity index (χ4v) is 2.79. The molecule has 2 aliphatic rings. The van der Waals surface area contributed by atoms with Crippen molar-refractivity contribution in [2.24, 2.45) is 0 Å². The van der Waals surface area contributed by atoms with Gasteiger partial charge < -0.3 is 23.7 Å². The van der Waals surface area contributed by atoms with E-state index in [-0.39, 0.29) is 24.6 Å². The van der Waals surface area contributed by atoms with E-state index in [9.17, 15) is 0 Å². The van der Waals surface area contributed by atoms with E-state index in [4.69, 9.17) is 23.7 Å². The Hall–Kier alpha value is -1.14. The molecule has 3 rings (SSSR count). The van der Waals surface area contributed by atoms with E-state index in [1.807, 2.05) is 45.0 Å². The van der Waals surface area contributed by atoms with E-state index in [1.165, 1.54) is 0 Å². The van der Waals surface area contributed by atoms with Crippen LogP contribution in [-0.2, 0) is 25.6 Å². The molecule has 4 atom stereocenters. The number of hydrogen-bond acceptors (Lipinski definition) is 5. The number of benzene rings is 1. The Kier molecular flexibility index (Phi) is 3.92. The van der Waals surface area contributed by atoms with Gasteiger partial charge in [0.05, 0.1) is 19.8 Å². The first kappa shape index (κ1) is 14.8. The second kappa shape index (κ2) is 5.57. The van der Waals surface area contributed by atoms with Gasteiger partial charge in [0.2, 0.25) is 0 Å². The van der Waals surface area contributed by atoms with Crippen LogP contribution < -0.4 is 4.74 Å².